The predicted octanol–water partition coefficient (Wildman–Crippen LogP) is 0.546. The minimum absolute atomic E-state index is 0.0310. The fourth-order valence-electron chi connectivity index (χ4n) is 0.572. The van der Waals surface area contributed by atoms with Crippen molar-refractivity contribution in [3.05, 3.63) is 12.2 Å². The first-order valence-corrected chi connectivity index (χ1v) is 5.60. The van der Waals surface area contributed by atoms with Gasteiger partial charge in [-0.15, -0.1) is 0 Å². The van der Waals surface area contributed by atoms with Gasteiger partial charge in [-0.05, 0) is 12.5 Å². The summed E-state index contributed by atoms with van der Waals surface area (Å²) in [6.45, 7) is 2.67. The Morgan fingerprint density at radius 3 is 2.24 bits per heavy atom. The number of ketones is 1. The molecular formula is C8H10F2O6S. The van der Waals surface area contributed by atoms with Crippen LogP contribution in [0.3, 0.4) is 0 Å². The van der Waals surface area contributed by atoms with Gasteiger partial charge < -0.3 is 4.74 Å². The Balaban J connectivity index is 4.37. The molecule has 0 aromatic rings. The second-order valence-corrected chi connectivity index (χ2v) is 4.70. The molecule has 0 amide bonds. The molecule has 0 saturated heterocycles. The number of halogens is 2. The van der Waals surface area contributed by atoms with Gasteiger partial charge in [-0.3, -0.25) is 14.1 Å². The first-order valence-electron chi connectivity index (χ1n) is 4.16. The first-order chi connectivity index (χ1) is 7.47. The van der Waals surface area contributed by atoms with Gasteiger partial charge in [0.15, 0.2) is 12.4 Å². The van der Waals surface area contributed by atoms with Crippen molar-refractivity contribution in [1.29, 1.82) is 0 Å². The fraction of sp³-hybridized carbons (Fsp3) is 0.500. The molecule has 17 heavy (non-hydrogen) atoms. The standard InChI is InChI=1S/C8H10F2O6S/c1-5(2)6(11)3-7(12)16-4-8(9,10)17(13,14)15/h1,3-4H2,2H3,(H,13,14,15). The highest BCUT2D eigenvalue weighted by molar-refractivity contribution is 7.86. The molecule has 0 aliphatic carbocycles. The molecule has 0 bridgehead atoms. The molecule has 0 rings (SSSR count). The SMILES string of the molecule is C=C(C)C(=O)CC(=O)OCC(F)(F)S(=O)(=O)O. The van der Waals surface area contributed by atoms with Crippen LogP contribution in [-0.4, -0.2) is 36.6 Å². The van der Waals surface area contributed by atoms with Gasteiger partial charge in [0.1, 0.15) is 6.42 Å². The lowest BCUT2D eigenvalue weighted by atomic mass is 10.2. The number of carbonyl (C=O) groups excluding carboxylic acids is 2. The summed E-state index contributed by atoms with van der Waals surface area (Å²) in [5.41, 5.74) is 0.0310. The number of hydrogen-bond acceptors (Lipinski definition) is 5. The third-order valence-corrected chi connectivity index (χ3v) is 2.43. The Morgan fingerprint density at radius 1 is 1.41 bits per heavy atom. The van der Waals surface area contributed by atoms with Gasteiger partial charge in [0, 0.05) is 0 Å². The molecule has 1 N–H and O–H groups in total. The largest absolute Gasteiger partial charge is 0.458 e. The quantitative estimate of drug-likeness (QED) is 0.328. The third-order valence-electron chi connectivity index (χ3n) is 1.56. The minimum Gasteiger partial charge on any atom is -0.458 e. The molecule has 0 unspecified atom stereocenters. The van der Waals surface area contributed by atoms with Crippen molar-refractivity contribution in [2.75, 3.05) is 6.61 Å². The molecule has 0 aliphatic heterocycles. The number of carbonyl (C=O) groups is 2. The molecule has 98 valence electrons. The van der Waals surface area contributed by atoms with Crippen LogP contribution in [0.4, 0.5) is 8.78 Å². The Bertz CT molecular complexity index is 439. The van der Waals surface area contributed by atoms with E-state index in [2.05, 4.69) is 11.3 Å². The van der Waals surface area contributed by atoms with Gasteiger partial charge >= 0.3 is 21.3 Å². The van der Waals surface area contributed by atoms with Gasteiger partial charge in [-0.1, -0.05) is 6.58 Å². The maximum atomic E-state index is 12.6. The van der Waals surface area contributed by atoms with Gasteiger partial charge in [0.05, 0.1) is 0 Å². The third kappa shape index (κ3) is 5.00. The van der Waals surface area contributed by atoms with Gasteiger partial charge in [0.2, 0.25) is 0 Å². The number of allylic oxidation sites excluding steroid dienone is 1. The summed E-state index contributed by atoms with van der Waals surface area (Å²) in [4.78, 5) is 21.8. The number of rotatable bonds is 6. The highest BCUT2D eigenvalue weighted by Gasteiger charge is 2.45. The van der Waals surface area contributed by atoms with Crippen LogP contribution in [-0.2, 0) is 24.4 Å². The van der Waals surface area contributed by atoms with Crippen molar-refractivity contribution in [3.8, 4) is 0 Å². The van der Waals surface area contributed by atoms with E-state index in [1.807, 2.05) is 0 Å². The summed E-state index contributed by atoms with van der Waals surface area (Å²) >= 11 is 0. The lowest BCUT2D eigenvalue weighted by molar-refractivity contribution is -0.151. The van der Waals surface area contributed by atoms with E-state index in [0.29, 0.717) is 0 Å². The summed E-state index contributed by atoms with van der Waals surface area (Å²) < 4.78 is 57.3. The zero-order valence-corrected chi connectivity index (χ0v) is 9.59. The van der Waals surface area contributed by atoms with Crippen LogP contribution in [0.1, 0.15) is 13.3 Å². The van der Waals surface area contributed by atoms with Crippen LogP contribution in [0.5, 0.6) is 0 Å². The minimum atomic E-state index is -5.66. The average molecular weight is 272 g/mol. The number of hydrogen-bond donors (Lipinski definition) is 1. The lowest BCUT2D eigenvalue weighted by Crippen LogP contribution is -2.34. The number of esters is 1. The van der Waals surface area contributed by atoms with Crippen molar-refractivity contribution in [2.24, 2.45) is 0 Å². The van der Waals surface area contributed by atoms with E-state index in [1.54, 1.807) is 0 Å². The Labute approximate surface area is 96.0 Å². The zero-order chi connectivity index (χ0) is 13.9. The zero-order valence-electron chi connectivity index (χ0n) is 8.77. The van der Waals surface area contributed by atoms with Crippen LogP contribution in [0.2, 0.25) is 0 Å². The molecule has 9 heteroatoms. The second-order valence-electron chi connectivity index (χ2n) is 3.15. The van der Waals surface area contributed by atoms with Crippen molar-refractivity contribution < 1.29 is 36.1 Å². The van der Waals surface area contributed by atoms with E-state index in [0.717, 1.165) is 0 Å². The molecule has 0 heterocycles. The normalized spacial score (nSPS) is 12.0. The molecule has 0 aromatic heterocycles. The van der Waals surface area contributed by atoms with Crippen LogP contribution >= 0.6 is 0 Å². The maximum absolute atomic E-state index is 12.6. The molecule has 6 nitrogen and oxygen atoms in total. The molecule has 0 saturated carbocycles. The molecule has 0 spiro atoms. The molecule has 0 radical (unpaired) electrons. The molecule has 0 aliphatic rings. The summed E-state index contributed by atoms with van der Waals surface area (Å²) in [7, 11) is -5.66. The molecule has 0 aromatic carbocycles. The van der Waals surface area contributed by atoms with Crippen LogP contribution in [0.15, 0.2) is 12.2 Å². The van der Waals surface area contributed by atoms with Crippen molar-refractivity contribution >= 4 is 21.9 Å². The maximum Gasteiger partial charge on any atom is 0.402 e. The smallest absolute Gasteiger partial charge is 0.402 e. The summed E-state index contributed by atoms with van der Waals surface area (Å²) in [5, 5.41) is -4.60. The molecule has 0 fully saturated rings. The topological polar surface area (TPSA) is 97.7 Å². The number of Topliss-reactive ketones (excluding diaryl/α,β-unsaturated/α-hetero) is 1. The van der Waals surface area contributed by atoms with Crippen LogP contribution in [0.25, 0.3) is 0 Å². The van der Waals surface area contributed by atoms with E-state index < -0.39 is 40.2 Å². The van der Waals surface area contributed by atoms with E-state index >= 15 is 0 Å². The Hall–Kier alpha value is -1.35. The second kappa shape index (κ2) is 5.32. The summed E-state index contributed by atoms with van der Waals surface area (Å²) in [6, 6.07) is 0. The number of alkyl halides is 2. The fourth-order valence-corrected chi connectivity index (χ4v) is 0.780. The number of ether oxygens (including phenoxy) is 1. The van der Waals surface area contributed by atoms with E-state index in [1.165, 1.54) is 6.92 Å². The predicted molar refractivity (Wildman–Crippen MR) is 51.9 cm³/mol. The van der Waals surface area contributed by atoms with E-state index in [4.69, 9.17) is 4.55 Å². The van der Waals surface area contributed by atoms with Gasteiger partial charge in [-0.25, -0.2) is 0 Å². The van der Waals surface area contributed by atoms with E-state index in [9.17, 15) is 26.8 Å². The van der Waals surface area contributed by atoms with E-state index in [-0.39, 0.29) is 5.57 Å². The average Bonchev–Trinajstić information content (AvgIpc) is 2.12. The molecular weight excluding hydrogens is 262 g/mol. The van der Waals surface area contributed by atoms with Crippen molar-refractivity contribution in [3.63, 3.8) is 0 Å². The van der Waals surface area contributed by atoms with Crippen LogP contribution in [0, 0.1) is 0 Å². The Kier molecular flexibility index (Phi) is 4.90. The first kappa shape index (κ1) is 15.7. The van der Waals surface area contributed by atoms with Crippen LogP contribution < -0.4 is 0 Å². The molecule has 0 atom stereocenters. The van der Waals surface area contributed by atoms with Gasteiger partial charge in [-0.2, -0.15) is 17.2 Å². The monoisotopic (exact) mass is 272 g/mol. The summed E-state index contributed by atoms with van der Waals surface area (Å²) in [5.74, 6) is -2.05. The Morgan fingerprint density at radius 2 is 1.88 bits per heavy atom. The summed E-state index contributed by atoms with van der Waals surface area (Å²) in [6.07, 6.45) is -0.823. The highest BCUT2D eigenvalue weighted by Crippen LogP contribution is 2.20. The lowest BCUT2D eigenvalue weighted by Gasteiger charge is -2.12. The highest BCUT2D eigenvalue weighted by atomic mass is 32.2. The van der Waals surface area contributed by atoms with Crippen molar-refractivity contribution in [1.82, 2.24) is 0 Å². The van der Waals surface area contributed by atoms with Crippen molar-refractivity contribution in [2.45, 2.75) is 18.6 Å². The van der Waals surface area contributed by atoms with Gasteiger partial charge in [0.25, 0.3) is 0 Å².